The van der Waals surface area contributed by atoms with Crippen LogP contribution in [0.3, 0.4) is 0 Å². The van der Waals surface area contributed by atoms with Crippen molar-refractivity contribution in [2.24, 2.45) is 0 Å². The quantitative estimate of drug-likeness (QED) is 0.534. The predicted molar refractivity (Wildman–Crippen MR) is 72.3 cm³/mol. The van der Waals surface area contributed by atoms with Crippen LogP contribution in [0.2, 0.25) is 0 Å². The summed E-state index contributed by atoms with van der Waals surface area (Å²) in [5, 5.41) is 0. The first-order valence-electron chi connectivity index (χ1n) is 6.02. The van der Waals surface area contributed by atoms with Crippen LogP contribution >= 0.6 is 22.9 Å². The Labute approximate surface area is 107 Å². The SMILES string of the molecule is CC1CN(C2CCN(I)CC2)CCN1C. The van der Waals surface area contributed by atoms with Crippen LogP contribution in [0.5, 0.6) is 0 Å². The molecule has 0 spiro atoms. The lowest BCUT2D eigenvalue weighted by Crippen LogP contribution is -2.55. The average Bonchev–Trinajstić information content (AvgIpc) is 2.23. The van der Waals surface area contributed by atoms with Gasteiger partial charge in [-0.25, -0.2) is 3.11 Å². The second-order valence-electron chi connectivity index (χ2n) is 4.97. The van der Waals surface area contributed by atoms with Crippen LogP contribution < -0.4 is 0 Å². The molecular weight excluding hydrogens is 301 g/mol. The predicted octanol–water partition coefficient (Wildman–Crippen LogP) is 1.44. The Balaban J connectivity index is 1.84. The molecule has 4 heteroatoms. The lowest BCUT2D eigenvalue weighted by Gasteiger charge is -2.43. The fraction of sp³-hybridized carbons (Fsp3) is 1.00. The van der Waals surface area contributed by atoms with E-state index in [-0.39, 0.29) is 0 Å². The van der Waals surface area contributed by atoms with Crippen LogP contribution in [-0.2, 0) is 0 Å². The maximum Gasteiger partial charge on any atom is 0.0201 e. The Morgan fingerprint density at radius 3 is 2.33 bits per heavy atom. The van der Waals surface area contributed by atoms with Crippen LogP contribution in [0.25, 0.3) is 0 Å². The topological polar surface area (TPSA) is 9.72 Å². The third-order valence-corrected chi connectivity index (χ3v) is 4.88. The molecule has 0 aromatic rings. The summed E-state index contributed by atoms with van der Waals surface area (Å²) in [6.45, 7) is 8.66. The molecule has 88 valence electrons. The summed E-state index contributed by atoms with van der Waals surface area (Å²) in [5.41, 5.74) is 0. The molecule has 1 unspecified atom stereocenters. The summed E-state index contributed by atoms with van der Waals surface area (Å²) in [7, 11) is 2.25. The van der Waals surface area contributed by atoms with Crippen molar-refractivity contribution in [3.8, 4) is 0 Å². The molecule has 0 aromatic carbocycles. The minimum absolute atomic E-state index is 0.733. The molecule has 2 fully saturated rings. The molecule has 0 saturated carbocycles. The van der Waals surface area contributed by atoms with E-state index in [1.807, 2.05) is 0 Å². The molecule has 2 rings (SSSR count). The highest BCUT2D eigenvalue weighted by molar-refractivity contribution is 14.1. The molecule has 0 aromatic heterocycles. The van der Waals surface area contributed by atoms with Gasteiger partial charge in [-0.05, 0) is 26.8 Å². The first kappa shape index (κ1) is 12.1. The number of nitrogens with zero attached hydrogens (tertiary/aromatic N) is 3. The zero-order valence-electron chi connectivity index (χ0n) is 9.82. The van der Waals surface area contributed by atoms with Crippen molar-refractivity contribution in [3.05, 3.63) is 0 Å². The Hall–Kier alpha value is 0.610. The lowest BCUT2D eigenvalue weighted by atomic mass is 10.0. The number of hydrogen-bond donors (Lipinski definition) is 0. The maximum absolute atomic E-state index is 2.72. The third kappa shape index (κ3) is 3.05. The van der Waals surface area contributed by atoms with Gasteiger partial charge in [-0.1, -0.05) is 0 Å². The zero-order valence-corrected chi connectivity index (χ0v) is 12.0. The first-order chi connectivity index (χ1) is 7.16. The molecule has 15 heavy (non-hydrogen) atoms. The van der Waals surface area contributed by atoms with Crippen LogP contribution in [-0.4, -0.2) is 64.8 Å². The van der Waals surface area contributed by atoms with Gasteiger partial charge in [0, 0.05) is 67.7 Å². The summed E-state index contributed by atoms with van der Waals surface area (Å²) in [4.78, 5) is 5.19. The highest BCUT2D eigenvalue weighted by Gasteiger charge is 2.28. The van der Waals surface area contributed by atoms with Gasteiger partial charge in [0.15, 0.2) is 0 Å². The number of piperazine rings is 1. The van der Waals surface area contributed by atoms with Crippen molar-refractivity contribution in [3.63, 3.8) is 0 Å². The summed E-state index contributed by atoms with van der Waals surface area (Å²) >= 11 is 2.45. The van der Waals surface area contributed by atoms with Crippen molar-refractivity contribution in [2.45, 2.75) is 31.8 Å². The zero-order chi connectivity index (χ0) is 10.8. The fourth-order valence-electron chi connectivity index (χ4n) is 2.61. The van der Waals surface area contributed by atoms with Gasteiger partial charge < -0.3 is 4.90 Å². The smallest absolute Gasteiger partial charge is 0.0201 e. The highest BCUT2D eigenvalue weighted by atomic mass is 127. The fourth-order valence-corrected chi connectivity index (χ4v) is 3.16. The van der Waals surface area contributed by atoms with Crippen LogP contribution in [0.4, 0.5) is 0 Å². The van der Waals surface area contributed by atoms with Crippen LogP contribution in [0, 0.1) is 0 Å². The van der Waals surface area contributed by atoms with Crippen LogP contribution in [0.1, 0.15) is 19.8 Å². The molecule has 2 saturated heterocycles. The van der Waals surface area contributed by atoms with Gasteiger partial charge in [0.25, 0.3) is 0 Å². The molecule has 0 N–H and O–H groups in total. The molecule has 0 bridgehead atoms. The standard InChI is InChI=1S/C11H22IN3/c1-10-9-14(8-7-13(10)2)11-3-5-15(12)6-4-11/h10-11H,3-9H2,1-2H3. The second-order valence-corrected chi connectivity index (χ2v) is 6.33. The highest BCUT2D eigenvalue weighted by Crippen LogP contribution is 2.21. The van der Waals surface area contributed by atoms with E-state index < -0.39 is 0 Å². The van der Waals surface area contributed by atoms with Crippen molar-refractivity contribution in [1.82, 2.24) is 12.9 Å². The van der Waals surface area contributed by atoms with Gasteiger partial charge in [0.1, 0.15) is 0 Å². The minimum atomic E-state index is 0.733. The van der Waals surface area contributed by atoms with Gasteiger partial charge in [0.05, 0.1) is 0 Å². The van der Waals surface area contributed by atoms with E-state index in [1.165, 1.54) is 45.6 Å². The average molecular weight is 323 g/mol. The van der Waals surface area contributed by atoms with E-state index in [0.29, 0.717) is 0 Å². The number of likely N-dealkylation sites (N-methyl/N-ethyl adjacent to an activating group) is 1. The van der Waals surface area contributed by atoms with Gasteiger partial charge in [-0.2, -0.15) is 0 Å². The molecule has 2 aliphatic rings. The first-order valence-corrected chi connectivity index (χ1v) is 6.98. The Kier molecular flexibility index (Phi) is 4.26. The van der Waals surface area contributed by atoms with Crippen molar-refractivity contribution in [2.75, 3.05) is 39.8 Å². The van der Waals surface area contributed by atoms with E-state index >= 15 is 0 Å². The molecule has 2 aliphatic heterocycles. The summed E-state index contributed by atoms with van der Waals surface area (Å²) in [5.74, 6) is 0. The molecule has 0 amide bonds. The van der Waals surface area contributed by atoms with E-state index in [2.05, 4.69) is 49.7 Å². The molecular formula is C11H22IN3. The summed E-state index contributed by atoms with van der Waals surface area (Å²) in [6, 6.07) is 1.59. The van der Waals surface area contributed by atoms with Crippen molar-refractivity contribution >= 4 is 22.9 Å². The van der Waals surface area contributed by atoms with Crippen LogP contribution in [0.15, 0.2) is 0 Å². The molecule has 0 radical (unpaired) electrons. The van der Waals surface area contributed by atoms with Gasteiger partial charge in [0.2, 0.25) is 0 Å². The number of hydrogen-bond acceptors (Lipinski definition) is 3. The number of halogens is 1. The van der Waals surface area contributed by atoms with E-state index in [4.69, 9.17) is 0 Å². The molecule has 1 atom stereocenters. The molecule has 0 aliphatic carbocycles. The van der Waals surface area contributed by atoms with E-state index in [0.717, 1.165) is 12.1 Å². The van der Waals surface area contributed by atoms with Crippen molar-refractivity contribution < 1.29 is 0 Å². The summed E-state index contributed by atoms with van der Waals surface area (Å²) < 4.78 is 2.42. The second kappa shape index (κ2) is 5.29. The largest absolute Gasteiger partial charge is 0.301 e. The normalized spacial score (nSPS) is 33.4. The number of rotatable bonds is 1. The Morgan fingerprint density at radius 2 is 1.73 bits per heavy atom. The molecule has 3 nitrogen and oxygen atoms in total. The summed E-state index contributed by atoms with van der Waals surface area (Å²) in [6.07, 6.45) is 2.72. The Bertz CT molecular complexity index is 204. The lowest BCUT2D eigenvalue weighted by molar-refractivity contribution is 0.0551. The van der Waals surface area contributed by atoms with E-state index in [1.54, 1.807) is 0 Å². The van der Waals surface area contributed by atoms with Gasteiger partial charge in [-0.3, -0.25) is 4.90 Å². The monoisotopic (exact) mass is 323 g/mol. The third-order valence-electron chi connectivity index (χ3n) is 3.92. The Morgan fingerprint density at radius 1 is 1.07 bits per heavy atom. The van der Waals surface area contributed by atoms with Gasteiger partial charge >= 0.3 is 0 Å². The number of piperidine rings is 1. The maximum atomic E-state index is 2.72. The van der Waals surface area contributed by atoms with Crippen molar-refractivity contribution in [1.29, 1.82) is 0 Å². The van der Waals surface area contributed by atoms with Gasteiger partial charge in [-0.15, -0.1) is 0 Å². The van der Waals surface area contributed by atoms with E-state index in [9.17, 15) is 0 Å². The minimum Gasteiger partial charge on any atom is -0.301 e. The molecule has 2 heterocycles.